The van der Waals surface area contributed by atoms with Crippen LogP contribution in [-0.4, -0.2) is 28.0 Å². The van der Waals surface area contributed by atoms with E-state index in [-0.39, 0.29) is 11.5 Å². The van der Waals surface area contributed by atoms with E-state index in [1.54, 1.807) is 0 Å². The topological polar surface area (TPSA) is 94.1 Å². The number of nitrogen functional groups attached to an aromatic ring is 1. The molecule has 0 amide bonds. The summed E-state index contributed by atoms with van der Waals surface area (Å²) >= 11 is 1.96. The Labute approximate surface area is 110 Å². The zero-order valence-corrected chi connectivity index (χ0v) is 10.8. The van der Waals surface area contributed by atoms with Gasteiger partial charge < -0.3 is 11.1 Å². The van der Waals surface area contributed by atoms with Crippen LogP contribution in [0.15, 0.2) is 12.1 Å². The van der Waals surface area contributed by atoms with Crippen LogP contribution in [-0.2, 0) is 0 Å². The van der Waals surface area contributed by atoms with Gasteiger partial charge in [-0.25, -0.2) is 4.98 Å². The van der Waals surface area contributed by atoms with Gasteiger partial charge in [0, 0.05) is 12.6 Å². The third kappa shape index (κ3) is 3.25. The second kappa shape index (κ2) is 5.90. The summed E-state index contributed by atoms with van der Waals surface area (Å²) in [5.41, 5.74) is 5.54. The van der Waals surface area contributed by atoms with Crippen molar-refractivity contribution >= 4 is 29.1 Å². The Balaban J connectivity index is 2.03. The van der Waals surface area contributed by atoms with E-state index in [0.29, 0.717) is 11.7 Å². The van der Waals surface area contributed by atoms with E-state index in [9.17, 15) is 10.1 Å². The van der Waals surface area contributed by atoms with Crippen molar-refractivity contribution in [3.63, 3.8) is 0 Å². The van der Waals surface area contributed by atoms with Crippen LogP contribution in [0.3, 0.4) is 0 Å². The highest BCUT2D eigenvalue weighted by Gasteiger charge is 2.18. The molecule has 0 unspecified atom stereocenters. The van der Waals surface area contributed by atoms with E-state index in [1.807, 2.05) is 11.8 Å². The molecule has 6 nitrogen and oxygen atoms in total. The smallest absolute Gasteiger partial charge is 0.311 e. The Morgan fingerprint density at radius 3 is 2.89 bits per heavy atom. The molecule has 1 aromatic rings. The fraction of sp³-hybridized carbons (Fsp3) is 0.545. The number of nitrogens with one attached hydrogen (secondary N) is 1. The molecular weight excluding hydrogens is 252 g/mol. The molecule has 1 aromatic heterocycles. The second-order valence-corrected chi connectivity index (χ2v) is 5.52. The second-order valence-electron chi connectivity index (χ2n) is 4.30. The van der Waals surface area contributed by atoms with Crippen LogP contribution in [0.25, 0.3) is 0 Å². The molecule has 1 saturated heterocycles. The average Bonchev–Trinajstić information content (AvgIpc) is 2.37. The number of thioether (sulfide) groups is 1. The third-order valence-electron chi connectivity index (χ3n) is 2.99. The van der Waals surface area contributed by atoms with Gasteiger partial charge in [0.05, 0.1) is 4.92 Å². The Morgan fingerprint density at radius 2 is 2.22 bits per heavy atom. The minimum atomic E-state index is -0.439. The molecule has 0 aromatic carbocycles. The molecule has 98 valence electrons. The molecule has 0 saturated carbocycles. The van der Waals surface area contributed by atoms with Crippen molar-refractivity contribution in [2.24, 2.45) is 5.92 Å². The summed E-state index contributed by atoms with van der Waals surface area (Å²) in [7, 11) is 0. The van der Waals surface area contributed by atoms with Gasteiger partial charge in [0.15, 0.2) is 0 Å². The molecule has 3 N–H and O–H groups in total. The van der Waals surface area contributed by atoms with Crippen molar-refractivity contribution in [3.8, 4) is 0 Å². The van der Waals surface area contributed by atoms with Crippen LogP contribution in [0.5, 0.6) is 0 Å². The highest BCUT2D eigenvalue weighted by Crippen LogP contribution is 2.26. The van der Waals surface area contributed by atoms with Crippen LogP contribution < -0.4 is 11.1 Å². The number of anilines is 2. The van der Waals surface area contributed by atoms with E-state index in [2.05, 4.69) is 10.3 Å². The first-order chi connectivity index (χ1) is 8.66. The van der Waals surface area contributed by atoms with Crippen molar-refractivity contribution in [2.45, 2.75) is 12.8 Å². The molecule has 2 heterocycles. The lowest BCUT2D eigenvalue weighted by molar-refractivity contribution is -0.384. The summed E-state index contributed by atoms with van der Waals surface area (Å²) in [5, 5.41) is 13.9. The Bertz CT molecular complexity index is 435. The first kappa shape index (κ1) is 12.9. The van der Waals surface area contributed by atoms with Gasteiger partial charge in [-0.2, -0.15) is 11.8 Å². The van der Waals surface area contributed by atoms with Gasteiger partial charge in [0.25, 0.3) is 0 Å². The SMILES string of the molecule is Nc1ccc([N+](=O)[O-])c(NCC2CCSCC2)n1. The number of aromatic nitrogens is 1. The summed E-state index contributed by atoms with van der Waals surface area (Å²) in [5.74, 6) is 3.46. The van der Waals surface area contributed by atoms with Gasteiger partial charge in [-0.05, 0) is 36.3 Å². The molecule has 2 rings (SSSR count). The lowest BCUT2D eigenvalue weighted by atomic mass is 10.0. The fourth-order valence-electron chi connectivity index (χ4n) is 1.94. The van der Waals surface area contributed by atoms with Crippen molar-refractivity contribution in [1.29, 1.82) is 0 Å². The van der Waals surface area contributed by atoms with Crippen LogP contribution in [0.4, 0.5) is 17.3 Å². The molecule has 0 aliphatic carbocycles. The monoisotopic (exact) mass is 268 g/mol. The highest BCUT2D eigenvalue weighted by molar-refractivity contribution is 7.99. The van der Waals surface area contributed by atoms with Gasteiger partial charge in [-0.15, -0.1) is 0 Å². The zero-order chi connectivity index (χ0) is 13.0. The van der Waals surface area contributed by atoms with Crippen LogP contribution in [0, 0.1) is 16.0 Å². The van der Waals surface area contributed by atoms with Gasteiger partial charge in [0.1, 0.15) is 5.82 Å². The average molecular weight is 268 g/mol. The number of nitrogens with two attached hydrogens (primary N) is 1. The summed E-state index contributed by atoms with van der Waals surface area (Å²) in [6, 6.07) is 2.84. The summed E-state index contributed by atoms with van der Waals surface area (Å²) in [4.78, 5) is 14.4. The quantitative estimate of drug-likeness (QED) is 0.641. The van der Waals surface area contributed by atoms with Crippen molar-refractivity contribution in [2.75, 3.05) is 29.1 Å². The maximum atomic E-state index is 10.9. The zero-order valence-electron chi connectivity index (χ0n) is 9.96. The van der Waals surface area contributed by atoms with Crippen LogP contribution in [0.2, 0.25) is 0 Å². The number of rotatable bonds is 4. The minimum Gasteiger partial charge on any atom is -0.384 e. The minimum absolute atomic E-state index is 0.0191. The number of pyridine rings is 1. The molecule has 7 heteroatoms. The molecule has 0 bridgehead atoms. The molecule has 1 aliphatic heterocycles. The van der Waals surface area contributed by atoms with Crippen molar-refractivity contribution in [1.82, 2.24) is 4.98 Å². The number of hydrogen-bond donors (Lipinski definition) is 2. The van der Waals surface area contributed by atoms with Gasteiger partial charge in [-0.1, -0.05) is 0 Å². The predicted molar refractivity (Wildman–Crippen MR) is 73.8 cm³/mol. The summed E-state index contributed by atoms with van der Waals surface area (Å²) < 4.78 is 0. The van der Waals surface area contributed by atoms with E-state index in [4.69, 9.17) is 5.73 Å². The maximum Gasteiger partial charge on any atom is 0.311 e. The maximum absolute atomic E-state index is 10.9. The Hall–Kier alpha value is -1.50. The summed E-state index contributed by atoms with van der Waals surface area (Å²) in [6.07, 6.45) is 2.29. The lowest BCUT2D eigenvalue weighted by Gasteiger charge is -2.21. The number of nitrogens with zero attached hydrogens (tertiary/aromatic N) is 2. The van der Waals surface area contributed by atoms with E-state index < -0.39 is 4.92 Å². The summed E-state index contributed by atoms with van der Waals surface area (Å²) in [6.45, 7) is 0.720. The largest absolute Gasteiger partial charge is 0.384 e. The highest BCUT2D eigenvalue weighted by atomic mass is 32.2. The molecule has 18 heavy (non-hydrogen) atoms. The van der Waals surface area contributed by atoms with Gasteiger partial charge >= 0.3 is 5.69 Å². The van der Waals surface area contributed by atoms with Gasteiger partial charge in [-0.3, -0.25) is 10.1 Å². The number of nitro groups is 1. The van der Waals surface area contributed by atoms with Crippen molar-refractivity contribution < 1.29 is 4.92 Å². The number of hydrogen-bond acceptors (Lipinski definition) is 6. The van der Waals surface area contributed by atoms with E-state index >= 15 is 0 Å². The Morgan fingerprint density at radius 1 is 1.50 bits per heavy atom. The fourth-order valence-corrected chi connectivity index (χ4v) is 3.14. The molecule has 1 aliphatic rings. The third-order valence-corrected chi connectivity index (χ3v) is 4.04. The van der Waals surface area contributed by atoms with E-state index in [1.165, 1.54) is 23.6 Å². The van der Waals surface area contributed by atoms with Crippen molar-refractivity contribution in [3.05, 3.63) is 22.2 Å². The molecular formula is C11H16N4O2S. The molecule has 0 atom stereocenters. The molecule has 0 spiro atoms. The normalized spacial score (nSPS) is 16.4. The molecule has 0 radical (unpaired) electrons. The predicted octanol–water partition coefficient (Wildman–Crippen LogP) is 2.13. The standard InChI is InChI=1S/C11H16N4O2S/c12-10-2-1-9(15(16)17)11(14-10)13-7-8-3-5-18-6-4-8/h1-2,8H,3-7H2,(H3,12,13,14). The van der Waals surface area contributed by atoms with Crippen LogP contribution in [0.1, 0.15) is 12.8 Å². The lowest BCUT2D eigenvalue weighted by Crippen LogP contribution is -2.20. The van der Waals surface area contributed by atoms with E-state index in [0.717, 1.165) is 19.4 Å². The first-order valence-corrected chi connectivity index (χ1v) is 7.05. The Kier molecular flexibility index (Phi) is 4.24. The van der Waals surface area contributed by atoms with Gasteiger partial charge in [0.2, 0.25) is 5.82 Å². The van der Waals surface area contributed by atoms with Crippen LogP contribution >= 0.6 is 11.8 Å². The molecule has 1 fully saturated rings. The first-order valence-electron chi connectivity index (χ1n) is 5.89.